The molecule has 0 aromatic rings. The van der Waals surface area contributed by atoms with Crippen LogP contribution in [0.2, 0.25) is 0 Å². The van der Waals surface area contributed by atoms with Crippen molar-refractivity contribution < 1.29 is 4.74 Å². The lowest BCUT2D eigenvalue weighted by Crippen LogP contribution is -2.45. The van der Waals surface area contributed by atoms with E-state index in [0.717, 1.165) is 19.1 Å². The molecule has 1 aliphatic rings. The third-order valence-electron chi connectivity index (χ3n) is 4.13. The Bertz CT molecular complexity index is 206. The van der Waals surface area contributed by atoms with Gasteiger partial charge in [0.2, 0.25) is 0 Å². The molecule has 3 nitrogen and oxygen atoms in total. The van der Waals surface area contributed by atoms with E-state index in [4.69, 9.17) is 4.74 Å². The molecule has 0 radical (unpaired) electrons. The zero-order valence-corrected chi connectivity index (χ0v) is 12.2. The van der Waals surface area contributed by atoms with Gasteiger partial charge in [0.1, 0.15) is 0 Å². The van der Waals surface area contributed by atoms with Gasteiger partial charge in [0.15, 0.2) is 0 Å². The number of methoxy groups -OCH3 is 1. The normalized spacial score (nSPS) is 21.5. The second-order valence-electron chi connectivity index (χ2n) is 5.58. The molecule has 0 aromatic heterocycles. The summed E-state index contributed by atoms with van der Waals surface area (Å²) in [7, 11) is 3.84. The molecule has 0 aliphatic heterocycles. The molecule has 0 spiro atoms. The van der Waals surface area contributed by atoms with Crippen molar-refractivity contribution in [2.75, 3.05) is 27.3 Å². The van der Waals surface area contributed by atoms with Crippen molar-refractivity contribution in [3.8, 4) is 0 Å². The highest BCUT2D eigenvalue weighted by Gasteiger charge is 2.33. The predicted octanol–water partition coefficient (Wildman–Crippen LogP) is 2.12. The molecule has 102 valence electrons. The highest BCUT2D eigenvalue weighted by atomic mass is 16.5. The first-order valence-corrected chi connectivity index (χ1v) is 7.02. The Morgan fingerprint density at radius 1 is 1.29 bits per heavy atom. The van der Waals surface area contributed by atoms with Gasteiger partial charge in [-0.05, 0) is 53.0 Å². The van der Waals surface area contributed by atoms with Crippen LogP contribution in [0.4, 0.5) is 0 Å². The predicted molar refractivity (Wildman–Crippen MR) is 73.4 cm³/mol. The molecule has 3 heteroatoms. The van der Waals surface area contributed by atoms with Gasteiger partial charge in [0, 0.05) is 31.8 Å². The van der Waals surface area contributed by atoms with Gasteiger partial charge in [-0.2, -0.15) is 0 Å². The largest absolute Gasteiger partial charge is 0.383 e. The molecule has 1 saturated carbocycles. The molecule has 1 aliphatic carbocycles. The van der Waals surface area contributed by atoms with Crippen LogP contribution < -0.4 is 5.32 Å². The fraction of sp³-hybridized carbons (Fsp3) is 1.00. The Hall–Kier alpha value is -0.120. The van der Waals surface area contributed by atoms with Gasteiger partial charge < -0.3 is 10.1 Å². The maximum Gasteiger partial charge on any atom is 0.0589 e. The smallest absolute Gasteiger partial charge is 0.0589 e. The van der Waals surface area contributed by atoms with Crippen LogP contribution in [0, 0.1) is 5.92 Å². The first kappa shape index (κ1) is 14.9. The van der Waals surface area contributed by atoms with Gasteiger partial charge in [0.25, 0.3) is 0 Å². The molecule has 3 atom stereocenters. The fourth-order valence-electron chi connectivity index (χ4n) is 2.64. The molecular formula is C14H30N2O. The molecule has 0 amide bonds. The lowest BCUT2D eigenvalue weighted by molar-refractivity contribution is 0.0807. The molecule has 0 aromatic carbocycles. The summed E-state index contributed by atoms with van der Waals surface area (Å²) in [5, 5.41) is 3.33. The Labute approximate surface area is 107 Å². The summed E-state index contributed by atoms with van der Waals surface area (Å²) < 4.78 is 5.25. The number of rotatable bonds is 9. The topological polar surface area (TPSA) is 24.5 Å². The minimum absolute atomic E-state index is 0.585. The van der Waals surface area contributed by atoms with Crippen molar-refractivity contribution in [1.29, 1.82) is 0 Å². The van der Waals surface area contributed by atoms with Gasteiger partial charge in [0.05, 0.1) is 6.61 Å². The van der Waals surface area contributed by atoms with Crippen LogP contribution in [0.15, 0.2) is 0 Å². The van der Waals surface area contributed by atoms with Crippen molar-refractivity contribution >= 4 is 0 Å². The second-order valence-corrected chi connectivity index (χ2v) is 5.58. The van der Waals surface area contributed by atoms with E-state index in [1.54, 1.807) is 7.11 Å². The van der Waals surface area contributed by atoms with Crippen molar-refractivity contribution in [1.82, 2.24) is 10.2 Å². The first-order valence-electron chi connectivity index (χ1n) is 7.02. The van der Waals surface area contributed by atoms with Crippen molar-refractivity contribution in [3.63, 3.8) is 0 Å². The van der Waals surface area contributed by atoms with Gasteiger partial charge in [-0.15, -0.1) is 0 Å². The molecule has 3 unspecified atom stereocenters. The van der Waals surface area contributed by atoms with Crippen LogP contribution in [0.1, 0.15) is 40.0 Å². The number of nitrogens with zero attached hydrogens (tertiary/aromatic N) is 1. The Morgan fingerprint density at radius 2 is 1.94 bits per heavy atom. The highest BCUT2D eigenvalue weighted by molar-refractivity contribution is 4.88. The molecule has 1 N–H and O–H groups in total. The summed E-state index contributed by atoms with van der Waals surface area (Å²) in [4.78, 5) is 2.63. The molecule has 1 fully saturated rings. The third kappa shape index (κ3) is 4.94. The van der Waals surface area contributed by atoms with E-state index >= 15 is 0 Å². The average Bonchev–Trinajstić information content (AvgIpc) is 3.12. The summed E-state index contributed by atoms with van der Waals surface area (Å²) >= 11 is 0. The highest BCUT2D eigenvalue weighted by Crippen LogP contribution is 2.36. The van der Waals surface area contributed by atoms with E-state index in [0.29, 0.717) is 18.1 Å². The summed E-state index contributed by atoms with van der Waals surface area (Å²) in [6, 6.07) is 1.92. The summed E-state index contributed by atoms with van der Waals surface area (Å²) in [5.74, 6) is 0.930. The fourth-order valence-corrected chi connectivity index (χ4v) is 2.64. The minimum Gasteiger partial charge on any atom is -0.383 e. The average molecular weight is 242 g/mol. The lowest BCUT2D eigenvalue weighted by atomic mass is 10.0. The van der Waals surface area contributed by atoms with Gasteiger partial charge in [-0.25, -0.2) is 0 Å². The molecular weight excluding hydrogens is 212 g/mol. The quantitative estimate of drug-likeness (QED) is 0.670. The minimum atomic E-state index is 0.585. The molecule has 17 heavy (non-hydrogen) atoms. The summed E-state index contributed by atoms with van der Waals surface area (Å²) in [6.07, 6.45) is 4.04. The van der Waals surface area contributed by atoms with Crippen LogP contribution in [0.25, 0.3) is 0 Å². The summed E-state index contributed by atoms with van der Waals surface area (Å²) in [5.41, 5.74) is 0. The lowest BCUT2D eigenvalue weighted by Gasteiger charge is -2.36. The number of hydrogen-bond acceptors (Lipinski definition) is 3. The maximum atomic E-state index is 5.25. The van der Waals surface area contributed by atoms with E-state index in [-0.39, 0.29) is 0 Å². The van der Waals surface area contributed by atoms with Crippen LogP contribution in [0.5, 0.6) is 0 Å². The van der Waals surface area contributed by atoms with Crippen LogP contribution >= 0.6 is 0 Å². The number of ether oxygens (including phenoxy) is 1. The standard InChI is InChI=1S/C14H30N2O/c1-11(15-4)10-12(2)16(8-9-17-5)13(3)14-6-7-14/h11-15H,6-10H2,1-5H3. The van der Waals surface area contributed by atoms with Gasteiger partial charge in [-0.1, -0.05) is 0 Å². The number of hydrogen-bond donors (Lipinski definition) is 1. The third-order valence-corrected chi connectivity index (χ3v) is 4.13. The molecule has 0 saturated heterocycles. The number of nitrogens with one attached hydrogen (secondary N) is 1. The zero-order valence-electron chi connectivity index (χ0n) is 12.2. The molecule has 1 rings (SSSR count). The molecule has 0 heterocycles. The monoisotopic (exact) mass is 242 g/mol. The Balaban J connectivity index is 2.47. The first-order chi connectivity index (χ1) is 8.10. The maximum absolute atomic E-state index is 5.25. The van der Waals surface area contributed by atoms with Crippen molar-refractivity contribution in [2.24, 2.45) is 5.92 Å². The van der Waals surface area contributed by atoms with Gasteiger partial charge >= 0.3 is 0 Å². The van der Waals surface area contributed by atoms with E-state index in [2.05, 4.69) is 31.0 Å². The van der Waals surface area contributed by atoms with E-state index in [1.807, 2.05) is 7.05 Å². The second kappa shape index (κ2) is 7.34. The summed E-state index contributed by atoms with van der Waals surface area (Å²) in [6.45, 7) is 8.89. The molecule has 0 bridgehead atoms. The van der Waals surface area contributed by atoms with E-state index < -0.39 is 0 Å². The van der Waals surface area contributed by atoms with Gasteiger partial charge in [-0.3, -0.25) is 4.90 Å². The van der Waals surface area contributed by atoms with E-state index in [1.165, 1.54) is 19.3 Å². The zero-order chi connectivity index (χ0) is 12.8. The SMILES string of the molecule is CNC(C)CC(C)N(CCOC)C(C)C1CC1. The Kier molecular flexibility index (Phi) is 6.45. The van der Waals surface area contributed by atoms with Crippen LogP contribution in [0.3, 0.4) is 0 Å². The van der Waals surface area contributed by atoms with E-state index in [9.17, 15) is 0 Å². The van der Waals surface area contributed by atoms with Crippen LogP contribution in [-0.4, -0.2) is 50.3 Å². The van der Waals surface area contributed by atoms with Crippen LogP contribution in [-0.2, 0) is 4.74 Å². The van der Waals surface area contributed by atoms with Crippen molar-refractivity contribution in [3.05, 3.63) is 0 Å². The Morgan fingerprint density at radius 3 is 2.41 bits per heavy atom. The van der Waals surface area contributed by atoms with Crippen molar-refractivity contribution in [2.45, 2.75) is 58.2 Å².